The van der Waals surface area contributed by atoms with Gasteiger partial charge in [0.15, 0.2) is 5.96 Å². The molecule has 1 amide bonds. The van der Waals surface area contributed by atoms with Crippen LogP contribution in [0.4, 0.5) is 0 Å². The van der Waals surface area contributed by atoms with Gasteiger partial charge in [-0.1, -0.05) is 31.2 Å². The summed E-state index contributed by atoms with van der Waals surface area (Å²) in [5, 5.41) is 6.45. The van der Waals surface area contributed by atoms with Gasteiger partial charge in [-0.15, -0.1) is 0 Å². The van der Waals surface area contributed by atoms with Crippen molar-refractivity contribution in [2.75, 3.05) is 40.3 Å². The maximum absolute atomic E-state index is 11.7. The van der Waals surface area contributed by atoms with Crippen LogP contribution >= 0.6 is 0 Å². The molecule has 0 saturated heterocycles. The summed E-state index contributed by atoms with van der Waals surface area (Å²) in [5.74, 6) is 1.47. The molecule has 1 rings (SSSR count). The van der Waals surface area contributed by atoms with E-state index >= 15 is 0 Å². The van der Waals surface area contributed by atoms with E-state index in [4.69, 9.17) is 4.74 Å². The summed E-state index contributed by atoms with van der Waals surface area (Å²) in [4.78, 5) is 17.6. The van der Waals surface area contributed by atoms with Crippen molar-refractivity contribution < 1.29 is 9.53 Å². The Hall–Kier alpha value is -2.50. The molecular weight excluding hydrogens is 328 g/mol. The third kappa shape index (κ3) is 9.11. The van der Waals surface area contributed by atoms with Crippen LogP contribution in [0.2, 0.25) is 0 Å². The molecule has 1 aromatic rings. The summed E-state index contributed by atoms with van der Waals surface area (Å²) in [5.41, 5.74) is 2.19. The number of hydrogen-bond donors (Lipinski definition) is 2. The average Bonchev–Trinajstić information content (AvgIpc) is 2.61. The molecule has 0 saturated carbocycles. The number of aliphatic imine (C=N–C) groups is 1. The predicted octanol–water partition coefficient (Wildman–Crippen LogP) is 2.22. The van der Waals surface area contributed by atoms with E-state index in [2.05, 4.69) is 41.3 Å². The fourth-order valence-corrected chi connectivity index (χ4v) is 2.03. The monoisotopic (exact) mass is 360 g/mol. The van der Waals surface area contributed by atoms with E-state index in [-0.39, 0.29) is 12.5 Å². The lowest BCUT2D eigenvalue weighted by Gasteiger charge is -2.14. The number of nitrogens with one attached hydrogen (secondary N) is 2. The molecule has 144 valence electrons. The molecule has 0 unspecified atom stereocenters. The Bertz CT molecular complexity index is 612. The molecule has 0 aliphatic heterocycles. The highest BCUT2D eigenvalue weighted by Crippen LogP contribution is 2.13. The molecule has 0 bridgehead atoms. The standard InChI is InChI=1S/C20H32N4O2/c1-6-12-26-18-9-7-8-17(13-18)10-11-21-20(22-14-16(2)3)23-15-19(25)24(4)5/h7-9,13H,2,6,10-12,14-15H2,1,3-5H3,(H2,21,22,23). The molecule has 0 spiro atoms. The minimum absolute atomic E-state index is 0.0396. The van der Waals surface area contributed by atoms with E-state index in [0.717, 1.165) is 30.8 Å². The number of carbonyl (C=O) groups excluding carboxylic acids is 1. The lowest BCUT2D eigenvalue weighted by Crippen LogP contribution is -2.40. The maximum Gasteiger partial charge on any atom is 0.243 e. The number of guanidine groups is 1. The van der Waals surface area contributed by atoms with Crippen LogP contribution < -0.4 is 15.4 Å². The van der Waals surface area contributed by atoms with Gasteiger partial charge in [-0.3, -0.25) is 4.79 Å². The highest BCUT2D eigenvalue weighted by molar-refractivity contribution is 5.84. The molecule has 26 heavy (non-hydrogen) atoms. The average molecular weight is 361 g/mol. The zero-order valence-electron chi connectivity index (χ0n) is 16.5. The first-order valence-electron chi connectivity index (χ1n) is 9.00. The van der Waals surface area contributed by atoms with Crippen molar-refractivity contribution in [3.8, 4) is 5.75 Å². The van der Waals surface area contributed by atoms with Crippen molar-refractivity contribution >= 4 is 11.9 Å². The number of hydrogen-bond acceptors (Lipinski definition) is 3. The van der Waals surface area contributed by atoms with Crippen molar-refractivity contribution in [2.24, 2.45) is 4.99 Å². The van der Waals surface area contributed by atoms with Crippen LogP contribution in [0.3, 0.4) is 0 Å². The number of rotatable bonds is 10. The summed E-state index contributed by atoms with van der Waals surface area (Å²) < 4.78 is 5.67. The van der Waals surface area contributed by atoms with Crippen molar-refractivity contribution in [1.82, 2.24) is 15.5 Å². The highest BCUT2D eigenvalue weighted by atomic mass is 16.5. The zero-order chi connectivity index (χ0) is 19.4. The van der Waals surface area contributed by atoms with Crippen molar-refractivity contribution in [1.29, 1.82) is 0 Å². The van der Waals surface area contributed by atoms with E-state index in [1.165, 1.54) is 10.5 Å². The summed E-state index contributed by atoms with van der Waals surface area (Å²) in [6, 6.07) is 8.12. The Kier molecular flexibility index (Phi) is 9.90. The van der Waals surface area contributed by atoms with Gasteiger partial charge in [-0.05, 0) is 37.5 Å². The van der Waals surface area contributed by atoms with E-state index in [1.54, 1.807) is 14.1 Å². The molecule has 0 aromatic heterocycles. The molecule has 6 nitrogen and oxygen atoms in total. The van der Waals surface area contributed by atoms with Crippen LogP contribution in [0.15, 0.2) is 41.4 Å². The molecule has 1 aromatic carbocycles. The highest BCUT2D eigenvalue weighted by Gasteiger charge is 2.05. The summed E-state index contributed by atoms with van der Waals surface area (Å²) in [6.45, 7) is 10.1. The van der Waals surface area contributed by atoms with E-state index in [1.807, 2.05) is 19.1 Å². The number of ether oxygens (including phenoxy) is 1. The van der Waals surface area contributed by atoms with Gasteiger partial charge in [0.25, 0.3) is 0 Å². The number of benzene rings is 1. The Balaban J connectivity index is 2.58. The maximum atomic E-state index is 11.7. The Morgan fingerprint density at radius 3 is 2.73 bits per heavy atom. The van der Waals surface area contributed by atoms with Crippen LogP contribution in [-0.4, -0.2) is 57.1 Å². The van der Waals surface area contributed by atoms with Crippen molar-refractivity contribution in [3.63, 3.8) is 0 Å². The zero-order valence-corrected chi connectivity index (χ0v) is 16.5. The first-order valence-corrected chi connectivity index (χ1v) is 9.00. The van der Waals surface area contributed by atoms with Crippen molar-refractivity contribution in [2.45, 2.75) is 26.7 Å². The third-order valence-electron chi connectivity index (χ3n) is 3.51. The lowest BCUT2D eigenvalue weighted by molar-refractivity contribution is -0.127. The lowest BCUT2D eigenvalue weighted by atomic mass is 10.1. The second kappa shape index (κ2) is 12.0. The van der Waals surface area contributed by atoms with Crippen LogP contribution in [0.1, 0.15) is 25.8 Å². The van der Waals surface area contributed by atoms with Crippen LogP contribution in [0.25, 0.3) is 0 Å². The first kappa shape index (κ1) is 21.5. The molecule has 0 aliphatic rings. The minimum atomic E-state index is -0.0396. The number of carbonyl (C=O) groups is 1. The summed E-state index contributed by atoms with van der Waals surface area (Å²) >= 11 is 0. The number of likely N-dealkylation sites (N-methyl/N-ethyl adjacent to an activating group) is 1. The van der Waals surface area contributed by atoms with E-state index in [0.29, 0.717) is 19.0 Å². The number of nitrogens with zero attached hydrogens (tertiary/aromatic N) is 2. The van der Waals surface area contributed by atoms with Gasteiger partial charge in [0, 0.05) is 27.2 Å². The second-order valence-corrected chi connectivity index (χ2v) is 6.44. The SMILES string of the molecule is C=C(C)CNC(=NCC(=O)N(C)C)NCCc1cccc(OCCC)c1. The van der Waals surface area contributed by atoms with Gasteiger partial charge < -0.3 is 20.3 Å². The van der Waals surface area contributed by atoms with Gasteiger partial charge in [0.2, 0.25) is 5.91 Å². The molecular formula is C20H32N4O2. The normalized spacial score (nSPS) is 11.0. The molecule has 0 aliphatic carbocycles. The minimum Gasteiger partial charge on any atom is -0.494 e. The summed E-state index contributed by atoms with van der Waals surface area (Å²) in [7, 11) is 3.44. The van der Waals surface area contributed by atoms with E-state index < -0.39 is 0 Å². The van der Waals surface area contributed by atoms with Gasteiger partial charge >= 0.3 is 0 Å². The van der Waals surface area contributed by atoms with Gasteiger partial charge in [0.1, 0.15) is 12.3 Å². The largest absolute Gasteiger partial charge is 0.494 e. The molecule has 0 fully saturated rings. The van der Waals surface area contributed by atoms with Gasteiger partial charge in [-0.25, -0.2) is 4.99 Å². The Morgan fingerprint density at radius 1 is 1.31 bits per heavy atom. The topological polar surface area (TPSA) is 66.0 Å². The predicted molar refractivity (Wildman–Crippen MR) is 108 cm³/mol. The molecule has 6 heteroatoms. The summed E-state index contributed by atoms with van der Waals surface area (Å²) in [6.07, 6.45) is 1.82. The smallest absolute Gasteiger partial charge is 0.243 e. The molecule has 0 heterocycles. The van der Waals surface area contributed by atoms with Crippen LogP contribution in [0.5, 0.6) is 5.75 Å². The quantitative estimate of drug-likeness (QED) is 0.381. The Labute approximate surface area is 157 Å². The van der Waals surface area contributed by atoms with Gasteiger partial charge in [-0.2, -0.15) is 0 Å². The Morgan fingerprint density at radius 2 is 2.08 bits per heavy atom. The van der Waals surface area contributed by atoms with E-state index in [9.17, 15) is 4.79 Å². The fourth-order valence-electron chi connectivity index (χ4n) is 2.03. The molecule has 0 atom stereocenters. The van der Waals surface area contributed by atoms with Crippen LogP contribution in [-0.2, 0) is 11.2 Å². The second-order valence-electron chi connectivity index (χ2n) is 6.44. The molecule has 2 N–H and O–H groups in total. The third-order valence-corrected chi connectivity index (χ3v) is 3.51. The molecule has 0 radical (unpaired) electrons. The fraction of sp³-hybridized carbons (Fsp3) is 0.500. The first-order chi connectivity index (χ1) is 12.4. The van der Waals surface area contributed by atoms with Gasteiger partial charge in [0.05, 0.1) is 6.61 Å². The van der Waals surface area contributed by atoms with Crippen molar-refractivity contribution in [3.05, 3.63) is 42.0 Å². The number of amides is 1. The van der Waals surface area contributed by atoms with Crippen LogP contribution in [0, 0.1) is 0 Å².